The molecule has 1 heterocycles. The van der Waals surface area contributed by atoms with Crippen molar-refractivity contribution in [3.63, 3.8) is 0 Å². The van der Waals surface area contributed by atoms with E-state index in [9.17, 15) is 4.79 Å². The van der Waals surface area contributed by atoms with Crippen molar-refractivity contribution in [2.24, 2.45) is 0 Å². The number of hydrogen-bond donors (Lipinski definition) is 2. The molecule has 0 aliphatic carbocycles. The van der Waals surface area contributed by atoms with Crippen molar-refractivity contribution in [1.29, 1.82) is 0 Å². The fourth-order valence-corrected chi connectivity index (χ4v) is 2.11. The van der Waals surface area contributed by atoms with Crippen molar-refractivity contribution >= 4 is 11.8 Å². The van der Waals surface area contributed by atoms with Gasteiger partial charge in [0.25, 0.3) is 0 Å². The third-order valence-corrected chi connectivity index (χ3v) is 3.28. The quantitative estimate of drug-likeness (QED) is 0.738. The van der Waals surface area contributed by atoms with Gasteiger partial charge in [-0.15, -0.1) is 0 Å². The number of hydrogen-bond acceptors (Lipinski definition) is 5. The molecule has 0 aliphatic rings. The highest BCUT2D eigenvalue weighted by Gasteiger charge is 2.16. The van der Waals surface area contributed by atoms with Crippen LogP contribution in [0.15, 0.2) is 41.0 Å². The van der Waals surface area contributed by atoms with Crippen molar-refractivity contribution in [2.75, 3.05) is 18.5 Å². The molecule has 136 valence electrons. The van der Waals surface area contributed by atoms with E-state index in [1.54, 1.807) is 18.4 Å². The van der Waals surface area contributed by atoms with Crippen LogP contribution in [0.2, 0.25) is 0 Å². The molecule has 6 heteroatoms. The Balaban J connectivity index is 1.73. The molecule has 1 aromatic carbocycles. The Kier molecular flexibility index (Phi) is 6.47. The Hall–Kier alpha value is -2.47. The summed E-state index contributed by atoms with van der Waals surface area (Å²) in [6, 6.07) is 9.16. The summed E-state index contributed by atoms with van der Waals surface area (Å²) >= 11 is 0. The van der Waals surface area contributed by atoms with Gasteiger partial charge in [0.2, 0.25) is 0 Å². The van der Waals surface area contributed by atoms with Gasteiger partial charge in [-0.3, -0.25) is 5.32 Å². The van der Waals surface area contributed by atoms with E-state index in [0.29, 0.717) is 31.1 Å². The van der Waals surface area contributed by atoms with Gasteiger partial charge < -0.3 is 19.2 Å². The highest BCUT2D eigenvalue weighted by molar-refractivity contribution is 5.85. The first-order chi connectivity index (χ1) is 11.8. The maximum atomic E-state index is 11.8. The van der Waals surface area contributed by atoms with Gasteiger partial charge in [-0.2, -0.15) is 0 Å². The van der Waals surface area contributed by atoms with E-state index in [1.165, 1.54) is 0 Å². The third-order valence-electron chi connectivity index (χ3n) is 3.28. The van der Waals surface area contributed by atoms with Gasteiger partial charge in [0.1, 0.15) is 23.7 Å². The fraction of sp³-hybridized carbons (Fsp3) is 0.421. The molecule has 0 saturated heterocycles. The van der Waals surface area contributed by atoms with Gasteiger partial charge in [-0.1, -0.05) is 6.07 Å². The normalized spacial score (nSPS) is 11.2. The SMILES string of the molecule is Cc1ccoc1CNCCOc1cccc(NC(=O)OC(C)(C)C)c1. The van der Waals surface area contributed by atoms with Gasteiger partial charge in [0, 0.05) is 18.3 Å². The Morgan fingerprint density at radius 3 is 2.72 bits per heavy atom. The first-order valence-electron chi connectivity index (χ1n) is 8.30. The number of carbonyl (C=O) groups is 1. The molecule has 0 bridgehead atoms. The summed E-state index contributed by atoms with van der Waals surface area (Å²) in [4.78, 5) is 11.8. The molecule has 0 spiro atoms. The lowest BCUT2D eigenvalue weighted by molar-refractivity contribution is 0.0636. The molecule has 0 atom stereocenters. The fourth-order valence-electron chi connectivity index (χ4n) is 2.11. The summed E-state index contributed by atoms with van der Waals surface area (Å²) in [7, 11) is 0. The van der Waals surface area contributed by atoms with E-state index in [-0.39, 0.29) is 0 Å². The average Bonchev–Trinajstić information content (AvgIpc) is 2.90. The maximum absolute atomic E-state index is 11.8. The molecular formula is C19H26N2O4. The Bertz CT molecular complexity index is 689. The van der Waals surface area contributed by atoms with Gasteiger partial charge in [-0.05, 0) is 51.5 Å². The molecule has 0 saturated carbocycles. The molecule has 2 rings (SSSR count). The van der Waals surface area contributed by atoms with Crippen LogP contribution in [0.3, 0.4) is 0 Å². The predicted octanol–water partition coefficient (Wildman–Crippen LogP) is 4.10. The number of aryl methyl sites for hydroxylation is 1. The van der Waals surface area contributed by atoms with E-state index in [2.05, 4.69) is 10.6 Å². The van der Waals surface area contributed by atoms with E-state index >= 15 is 0 Å². The van der Waals surface area contributed by atoms with E-state index < -0.39 is 11.7 Å². The lowest BCUT2D eigenvalue weighted by Crippen LogP contribution is -2.27. The first-order valence-corrected chi connectivity index (χ1v) is 8.30. The molecule has 0 aliphatic heterocycles. The Morgan fingerprint density at radius 2 is 2.04 bits per heavy atom. The number of amides is 1. The number of anilines is 1. The number of furan rings is 1. The average molecular weight is 346 g/mol. The summed E-state index contributed by atoms with van der Waals surface area (Å²) in [6.07, 6.45) is 1.20. The first kappa shape index (κ1) is 18.9. The highest BCUT2D eigenvalue weighted by atomic mass is 16.6. The number of rotatable bonds is 7. The van der Waals surface area contributed by atoms with E-state index in [4.69, 9.17) is 13.9 Å². The van der Waals surface area contributed by atoms with Crippen LogP contribution in [0, 0.1) is 6.92 Å². The van der Waals surface area contributed by atoms with Gasteiger partial charge in [0.05, 0.1) is 12.8 Å². The van der Waals surface area contributed by atoms with Crippen LogP contribution < -0.4 is 15.4 Å². The summed E-state index contributed by atoms with van der Waals surface area (Å²) < 4.78 is 16.3. The van der Waals surface area contributed by atoms with Crippen LogP contribution in [0.25, 0.3) is 0 Å². The van der Waals surface area contributed by atoms with Crippen LogP contribution in [-0.4, -0.2) is 24.8 Å². The van der Waals surface area contributed by atoms with Crippen LogP contribution in [0.4, 0.5) is 10.5 Å². The van der Waals surface area contributed by atoms with Crippen LogP contribution in [-0.2, 0) is 11.3 Å². The van der Waals surface area contributed by atoms with E-state index in [1.807, 2.05) is 45.9 Å². The second kappa shape index (κ2) is 8.58. The lowest BCUT2D eigenvalue weighted by Gasteiger charge is -2.19. The molecular weight excluding hydrogens is 320 g/mol. The molecule has 0 fully saturated rings. The molecule has 2 N–H and O–H groups in total. The smallest absolute Gasteiger partial charge is 0.412 e. The van der Waals surface area contributed by atoms with Crippen LogP contribution in [0.1, 0.15) is 32.1 Å². The standard InChI is InChI=1S/C19H26N2O4/c1-14-8-10-24-17(14)13-20-9-11-23-16-7-5-6-15(12-16)21-18(22)25-19(2,3)4/h5-8,10,12,20H,9,11,13H2,1-4H3,(H,21,22). The van der Waals surface area contributed by atoms with Gasteiger partial charge in [-0.25, -0.2) is 4.79 Å². The van der Waals surface area contributed by atoms with Crippen molar-refractivity contribution in [3.05, 3.63) is 47.9 Å². The molecule has 6 nitrogen and oxygen atoms in total. The zero-order valence-corrected chi connectivity index (χ0v) is 15.2. The van der Waals surface area contributed by atoms with Gasteiger partial charge in [0.15, 0.2) is 0 Å². The largest absolute Gasteiger partial charge is 0.492 e. The number of nitrogens with one attached hydrogen (secondary N) is 2. The minimum Gasteiger partial charge on any atom is -0.492 e. The second-order valence-corrected chi connectivity index (χ2v) is 6.71. The maximum Gasteiger partial charge on any atom is 0.412 e. The minimum atomic E-state index is -0.532. The van der Waals surface area contributed by atoms with Gasteiger partial charge >= 0.3 is 6.09 Å². The number of ether oxygens (including phenoxy) is 2. The summed E-state index contributed by atoms with van der Waals surface area (Å²) in [5, 5.41) is 5.96. The van der Waals surface area contributed by atoms with E-state index in [0.717, 1.165) is 11.3 Å². The minimum absolute atomic E-state index is 0.486. The molecule has 1 amide bonds. The zero-order valence-electron chi connectivity index (χ0n) is 15.2. The topological polar surface area (TPSA) is 72.7 Å². The molecule has 0 radical (unpaired) electrons. The number of benzene rings is 1. The van der Waals surface area contributed by atoms with Crippen LogP contribution in [0.5, 0.6) is 5.75 Å². The predicted molar refractivity (Wildman–Crippen MR) is 96.9 cm³/mol. The monoisotopic (exact) mass is 346 g/mol. The zero-order chi connectivity index (χ0) is 18.3. The lowest BCUT2D eigenvalue weighted by atomic mass is 10.2. The number of carbonyl (C=O) groups excluding carboxylic acids is 1. The summed E-state index contributed by atoms with van der Waals surface area (Å²) in [5.41, 5.74) is 1.23. The summed E-state index contributed by atoms with van der Waals surface area (Å²) in [5.74, 6) is 1.62. The molecule has 25 heavy (non-hydrogen) atoms. The Morgan fingerprint density at radius 1 is 1.24 bits per heavy atom. The highest BCUT2D eigenvalue weighted by Crippen LogP contribution is 2.18. The van der Waals surface area contributed by atoms with Crippen molar-refractivity contribution in [3.8, 4) is 5.75 Å². The van der Waals surface area contributed by atoms with Crippen molar-refractivity contribution < 1.29 is 18.7 Å². The molecule has 1 aromatic heterocycles. The van der Waals surface area contributed by atoms with Crippen molar-refractivity contribution in [2.45, 2.75) is 39.8 Å². The Labute approximate surface area is 148 Å². The second-order valence-electron chi connectivity index (χ2n) is 6.71. The molecule has 2 aromatic rings. The van der Waals surface area contributed by atoms with Crippen molar-refractivity contribution in [1.82, 2.24) is 5.32 Å². The van der Waals surface area contributed by atoms with Crippen LogP contribution >= 0.6 is 0 Å². The third kappa shape index (κ3) is 6.89. The summed E-state index contributed by atoms with van der Waals surface area (Å²) in [6.45, 7) is 9.35. The molecule has 0 unspecified atom stereocenters.